The van der Waals surface area contributed by atoms with Crippen LogP contribution in [-0.4, -0.2) is 86.6 Å². The molecular formula is C27H37N5O2. The van der Waals surface area contributed by atoms with E-state index in [2.05, 4.69) is 66.1 Å². The molecule has 1 atom stereocenters. The molecule has 1 aliphatic rings. The smallest absolute Gasteiger partial charge is 0.159 e. The number of fused-ring (bicyclic) bond motifs is 1. The van der Waals surface area contributed by atoms with Crippen molar-refractivity contribution < 1.29 is 10.2 Å². The molecule has 0 saturated carbocycles. The van der Waals surface area contributed by atoms with Crippen LogP contribution in [0.15, 0.2) is 36.4 Å². The molecule has 0 bridgehead atoms. The fourth-order valence-corrected chi connectivity index (χ4v) is 4.76. The zero-order chi connectivity index (χ0) is 24.1. The van der Waals surface area contributed by atoms with E-state index in [0.29, 0.717) is 6.54 Å². The Morgan fingerprint density at radius 2 is 1.82 bits per heavy atom. The fourth-order valence-electron chi connectivity index (χ4n) is 4.76. The molecule has 1 saturated heterocycles. The Bertz CT molecular complexity index is 1130. The van der Waals surface area contributed by atoms with Crippen LogP contribution in [0, 0.1) is 13.8 Å². The molecule has 0 amide bonds. The van der Waals surface area contributed by atoms with Crippen LogP contribution in [0.25, 0.3) is 11.7 Å². The third kappa shape index (κ3) is 5.73. The number of β-amino-alcohol motifs (C(OH)–C–C–N with tert-alkyl or cyclic N) is 1. The minimum absolute atomic E-state index is 0.174. The van der Waals surface area contributed by atoms with Crippen LogP contribution < -0.4 is 0 Å². The Labute approximate surface area is 202 Å². The van der Waals surface area contributed by atoms with Crippen molar-refractivity contribution in [1.29, 1.82) is 0 Å². The van der Waals surface area contributed by atoms with Crippen LogP contribution >= 0.6 is 0 Å². The SMILES string of the molecule is CCc1nn2c(C)cc(C)nc2c1Cc1ccccc1/C=C/CN1CCN(CC(O)CO)CC1. The third-order valence-electron chi connectivity index (χ3n) is 6.64. The largest absolute Gasteiger partial charge is 0.394 e. The molecule has 4 rings (SSSR count). The number of hydrogen-bond donors (Lipinski definition) is 2. The summed E-state index contributed by atoms with van der Waals surface area (Å²) >= 11 is 0. The Morgan fingerprint density at radius 3 is 2.56 bits per heavy atom. The van der Waals surface area contributed by atoms with Crippen LogP contribution in [0.2, 0.25) is 0 Å². The maximum Gasteiger partial charge on any atom is 0.159 e. The lowest BCUT2D eigenvalue weighted by atomic mass is 9.98. The highest BCUT2D eigenvalue weighted by Crippen LogP contribution is 2.23. The minimum atomic E-state index is -0.646. The van der Waals surface area contributed by atoms with Crippen molar-refractivity contribution in [2.45, 2.75) is 39.7 Å². The number of aliphatic hydroxyl groups is 2. The Morgan fingerprint density at radius 1 is 1.09 bits per heavy atom. The molecule has 1 fully saturated rings. The van der Waals surface area contributed by atoms with Crippen LogP contribution in [0.5, 0.6) is 0 Å². The summed E-state index contributed by atoms with van der Waals surface area (Å²) in [4.78, 5) is 9.47. The van der Waals surface area contributed by atoms with Gasteiger partial charge in [0.15, 0.2) is 5.65 Å². The van der Waals surface area contributed by atoms with Gasteiger partial charge < -0.3 is 10.2 Å². The quantitative estimate of drug-likeness (QED) is 0.508. The highest BCUT2D eigenvalue weighted by atomic mass is 16.3. The second-order valence-electron chi connectivity index (χ2n) is 9.27. The molecule has 1 aliphatic heterocycles. The normalized spacial score (nSPS) is 16.6. The van der Waals surface area contributed by atoms with E-state index in [1.807, 2.05) is 11.4 Å². The molecule has 7 nitrogen and oxygen atoms in total. The number of aromatic nitrogens is 3. The van der Waals surface area contributed by atoms with Gasteiger partial charge in [-0.1, -0.05) is 43.3 Å². The molecule has 1 unspecified atom stereocenters. The van der Waals surface area contributed by atoms with Gasteiger partial charge in [-0.15, -0.1) is 0 Å². The topological polar surface area (TPSA) is 77.1 Å². The first kappa shape index (κ1) is 24.5. The summed E-state index contributed by atoms with van der Waals surface area (Å²) in [5.74, 6) is 0. The van der Waals surface area contributed by atoms with Gasteiger partial charge in [-0.25, -0.2) is 9.50 Å². The van der Waals surface area contributed by atoms with E-state index in [1.54, 1.807) is 0 Å². The lowest BCUT2D eigenvalue weighted by Gasteiger charge is -2.34. The summed E-state index contributed by atoms with van der Waals surface area (Å²) in [6.45, 7) is 11.3. The van der Waals surface area contributed by atoms with Crippen molar-refractivity contribution in [3.05, 3.63) is 70.2 Å². The molecule has 1 aromatic carbocycles. The first-order valence-corrected chi connectivity index (χ1v) is 12.3. The van der Waals surface area contributed by atoms with Crippen molar-refractivity contribution >= 4 is 11.7 Å². The van der Waals surface area contributed by atoms with Gasteiger partial charge in [0, 0.05) is 62.6 Å². The average Bonchev–Trinajstić information content (AvgIpc) is 3.19. The van der Waals surface area contributed by atoms with E-state index in [9.17, 15) is 5.11 Å². The highest BCUT2D eigenvalue weighted by molar-refractivity contribution is 5.59. The van der Waals surface area contributed by atoms with E-state index in [4.69, 9.17) is 15.2 Å². The average molecular weight is 464 g/mol. The Hall–Kier alpha value is -2.58. The summed E-state index contributed by atoms with van der Waals surface area (Å²) < 4.78 is 1.98. The molecule has 0 spiro atoms. The molecule has 2 aromatic heterocycles. The monoisotopic (exact) mass is 463 g/mol. The van der Waals surface area contributed by atoms with Gasteiger partial charge in [-0.2, -0.15) is 5.10 Å². The number of nitrogens with zero attached hydrogens (tertiary/aromatic N) is 5. The summed E-state index contributed by atoms with van der Waals surface area (Å²) in [6.07, 6.45) is 5.54. The predicted molar refractivity (Wildman–Crippen MR) is 136 cm³/mol. The molecule has 3 aromatic rings. The molecule has 7 heteroatoms. The minimum Gasteiger partial charge on any atom is -0.394 e. The number of aliphatic hydroxyl groups excluding tert-OH is 2. The van der Waals surface area contributed by atoms with E-state index in [-0.39, 0.29) is 6.61 Å². The first-order chi connectivity index (χ1) is 16.5. The summed E-state index contributed by atoms with van der Waals surface area (Å²) in [5, 5.41) is 23.5. The predicted octanol–water partition coefficient (Wildman–Crippen LogP) is 2.48. The van der Waals surface area contributed by atoms with E-state index in [0.717, 1.165) is 68.3 Å². The fraction of sp³-hybridized carbons (Fsp3) is 0.481. The number of rotatable bonds is 9. The zero-order valence-electron chi connectivity index (χ0n) is 20.6. The van der Waals surface area contributed by atoms with Gasteiger partial charge in [0.05, 0.1) is 18.4 Å². The number of piperazine rings is 1. The highest BCUT2D eigenvalue weighted by Gasteiger charge is 2.18. The maximum atomic E-state index is 9.65. The van der Waals surface area contributed by atoms with Crippen molar-refractivity contribution in [2.24, 2.45) is 0 Å². The van der Waals surface area contributed by atoms with Gasteiger partial charge in [0.25, 0.3) is 0 Å². The molecule has 34 heavy (non-hydrogen) atoms. The molecule has 182 valence electrons. The molecular weight excluding hydrogens is 426 g/mol. The van der Waals surface area contributed by atoms with Crippen molar-refractivity contribution in [1.82, 2.24) is 24.4 Å². The lowest BCUT2D eigenvalue weighted by molar-refractivity contribution is 0.0414. The number of aryl methyl sites for hydroxylation is 3. The lowest BCUT2D eigenvalue weighted by Crippen LogP contribution is -2.48. The van der Waals surface area contributed by atoms with Gasteiger partial charge in [-0.3, -0.25) is 9.80 Å². The van der Waals surface area contributed by atoms with Crippen LogP contribution in [0.3, 0.4) is 0 Å². The van der Waals surface area contributed by atoms with Gasteiger partial charge in [0.1, 0.15) is 0 Å². The summed E-state index contributed by atoms with van der Waals surface area (Å²) in [7, 11) is 0. The number of benzene rings is 1. The van der Waals surface area contributed by atoms with Crippen LogP contribution in [0.4, 0.5) is 0 Å². The third-order valence-corrected chi connectivity index (χ3v) is 6.64. The van der Waals surface area contributed by atoms with Crippen molar-refractivity contribution in [3.8, 4) is 0 Å². The van der Waals surface area contributed by atoms with Gasteiger partial charge in [0.2, 0.25) is 0 Å². The van der Waals surface area contributed by atoms with E-state index >= 15 is 0 Å². The molecule has 3 heterocycles. The van der Waals surface area contributed by atoms with E-state index < -0.39 is 6.10 Å². The maximum absolute atomic E-state index is 9.65. The van der Waals surface area contributed by atoms with Crippen LogP contribution in [0.1, 0.15) is 40.7 Å². The molecule has 2 N–H and O–H groups in total. The molecule has 0 aliphatic carbocycles. The number of hydrogen-bond acceptors (Lipinski definition) is 6. The van der Waals surface area contributed by atoms with Crippen LogP contribution in [-0.2, 0) is 12.8 Å². The summed E-state index contributed by atoms with van der Waals surface area (Å²) in [5.41, 5.74) is 7.96. The zero-order valence-corrected chi connectivity index (χ0v) is 20.6. The standard InChI is InChI=1S/C27H37N5O2/c1-4-26-25(27-28-20(2)16-21(3)32(27)29-26)17-23-9-6-5-8-22(23)10-7-11-30-12-14-31(15-13-30)18-24(34)19-33/h5-10,16,24,33-34H,4,11-15,17-19H2,1-3H3/b10-7+. The van der Waals surface area contributed by atoms with Crippen molar-refractivity contribution in [3.63, 3.8) is 0 Å². The second kappa shape index (κ2) is 11.2. The van der Waals surface area contributed by atoms with Gasteiger partial charge in [-0.05, 0) is 37.5 Å². The Kier molecular flexibility index (Phi) is 8.11. The summed E-state index contributed by atoms with van der Waals surface area (Å²) in [6, 6.07) is 10.7. The molecule has 0 radical (unpaired) electrons. The van der Waals surface area contributed by atoms with Gasteiger partial charge >= 0.3 is 0 Å². The second-order valence-corrected chi connectivity index (χ2v) is 9.27. The first-order valence-electron chi connectivity index (χ1n) is 12.3. The van der Waals surface area contributed by atoms with Crippen molar-refractivity contribution in [2.75, 3.05) is 45.9 Å². The van der Waals surface area contributed by atoms with E-state index in [1.165, 1.54) is 16.7 Å². The Balaban J connectivity index is 1.45.